The molecule has 1 aromatic carbocycles. The van der Waals surface area contributed by atoms with Crippen molar-refractivity contribution in [2.24, 2.45) is 0 Å². The minimum Gasteiger partial charge on any atom is -0.449 e. The van der Waals surface area contributed by atoms with Crippen molar-refractivity contribution in [1.29, 1.82) is 0 Å². The summed E-state index contributed by atoms with van der Waals surface area (Å²) in [5.41, 5.74) is 2.54. The quantitative estimate of drug-likeness (QED) is 0.839. The molecule has 6 heteroatoms. The Morgan fingerprint density at radius 2 is 2.10 bits per heavy atom. The molecule has 0 spiro atoms. The third kappa shape index (κ3) is 3.57. The van der Waals surface area contributed by atoms with Crippen molar-refractivity contribution in [3.63, 3.8) is 0 Å². The SMILES string of the molecule is CCOC(=O)n1cnc(CC)c1Cc1ccc(Cl)cc1Cl. The highest BCUT2D eigenvalue weighted by molar-refractivity contribution is 6.35. The number of carbonyl (C=O) groups is 1. The second kappa shape index (κ2) is 6.96. The van der Waals surface area contributed by atoms with E-state index in [0.717, 1.165) is 23.4 Å². The molecule has 0 radical (unpaired) electrons. The zero-order valence-electron chi connectivity index (χ0n) is 11.9. The zero-order chi connectivity index (χ0) is 15.4. The number of hydrogen-bond acceptors (Lipinski definition) is 3. The lowest BCUT2D eigenvalue weighted by Gasteiger charge is -2.10. The molecular weight excluding hydrogens is 311 g/mol. The number of benzene rings is 1. The van der Waals surface area contributed by atoms with Crippen LogP contribution in [0.2, 0.25) is 10.0 Å². The molecule has 2 aromatic rings. The van der Waals surface area contributed by atoms with Gasteiger partial charge in [0, 0.05) is 16.5 Å². The van der Waals surface area contributed by atoms with Crippen molar-refractivity contribution in [3.05, 3.63) is 51.5 Å². The summed E-state index contributed by atoms with van der Waals surface area (Å²) in [6.07, 6.45) is 2.30. The highest BCUT2D eigenvalue weighted by Gasteiger charge is 2.17. The van der Waals surface area contributed by atoms with Gasteiger partial charge in [0.25, 0.3) is 0 Å². The average Bonchev–Trinajstić information content (AvgIpc) is 2.85. The third-order valence-electron chi connectivity index (χ3n) is 3.13. The second-order valence-corrected chi connectivity index (χ2v) is 5.32. The minimum absolute atomic E-state index is 0.319. The normalized spacial score (nSPS) is 10.7. The van der Waals surface area contributed by atoms with Crippen molar-refractivity contribution in [3.8, 4) is 0 Å². The third-order valence-corrected chi connectivity index (χ3v) is 3.71. The molecule has 4 nitrogen and oxygen atoms in total. The van der Waals surface area contributed by atoms with Crippen LogP contribution < -0.4 is 0 Å². The van der Waals surface area contributed by atoms with Crippen LogP contribution in [0.15, 0.2) is 24.5 Å². The molecule has 0 atom stereocenters. The molecule has 0 unspecified atom stereocenters. The first-order valence-corrected chi connectivity index (χ1v) is 7.48. The Kier molecular flexibility index (Phi) is 5.26. The minimum atomic E-state index is -0.426. The van der Waals surface area contributed by atoms with Crippen LogP contribution in [0, 0.1) is 0 Å². The lowest BCUT2D eigenvalue weighted by Crippen LogP contribution is -2.16. The molecule has 0 aliphatic heterocycles. The van der Waals surface area contributed by atoms with Crippen LogP contribution in [0.4, 0.5) is 4.79 Å². The van der Waals surface area contributed by atoms with Crippen molar-refractivity contribution >= 4 is 29.3 Å². The van der Waals surface area contributed by atoms with Gasteiger partial charge in [-0.3, -0.25) is 0 Å². The van der Waals surface area contributed by atoms with Crippen LogP contribution in [0.5, 0.6) is 0 Å². The van der Waals surface area contributed by atoms with Gasteiger partial charge in [-0.1, -0.05) is 36.2 Å². The molecule has 2 rings (SSSR count). The van der Waals surface area contributed by atoms with Gasteiger partial charge in [0.2, 0.25) is 0 Å². The van der Waals surface area contributed by atoms with Gasteiger partial charge in [0.05, 0.1) is 18.0 Å². The number of imidazole rings is 1. The predicted octanol–water partition coefficient (Wildman–Crippen LogP) is 4.35. The van der Waals surface area contributed by atoms with Gasteiger partial charge in [-0.25, -0.2) is 14.3 Å². The molecule has 21 heavy (non-hydrogen) atoms. The van der Waals surface area contributed by atoms with Gasteiger partial charge < -0.3 is 4.74 Å². The molecular formula is C15H16Cl2N2O2. The van der Waals surface area contributed by atoms with E-state index in [2.05, 4.69) is 4.98 Å². The summed E-state index contributed by atoms with van der Waals surface area (Å²) in [5, 5.41) is 1.15. The van der Waals surface area contributed by atoms with E-state index in [1.165, 1.54) is 10.9 Å². The zero-order valence-corrected chi connectivity index (χ0v) is 13.4. The predicted molar refractivity (Wildman–Crippen MR) is 83.3 cm³/mol. The van der Waals surface area contributed by atoms with Gasteiger partial charge in [-0.2, -0.15) is 0 Å². The lowest BCUT2D eigenvalue weighted by molar-refractivity contribution is 0.153. The molecule has 1 heterocycles. The number of rotatable bonds is 4. The van der Waals surface area contributed by atoms with Crippen LogP contribution in [-0.2, 0) is 17.6 Å². The fraction of sp³-hybridized carbons (Fsp3) is 0.333. The number of hydrogen-bond donors (Lipinski definition) is 0. The van der Waals surface area contributed by atoms with Gasteiger partial charge in [0.1, 0.15) is 6.33 Å². The lowest BCUT2D eigenvalue weighted by atomic mass is 10.1. The Bertz CT molecular complexity index is 653. The Labute approximate surface area is 133 Å². The Morgan fingerprint density at radius 3 is 2.71 bits per heavy atom. The largest absolute Gasteiger partial charge is 0.449 e. The fourth-order valence-electron chi connectivity index (χ4n) is 2.09. The van der Waals surface area contributed by atoms with Crippen molar-refractivity contribution in [2.75, 3.05) is 6.61 Å². The standard InChI is InChI=1S/C15H16Cl2N2O2/c1-3-13-14(19(9-18-13)15(20)21-4-2)7-10-5-6-11(16)8-12(10)17/h5-6,8-9H,3-4,7H2,1-2H3. The van der Waals surface area contributed by atoms with Gasteiger partial charge >= 0.3 is 6.09 Å². The maximum atomic E-state index is 12.0. The molecule has 0 fully saturated rings. The summed E-state index contributed by atoms with van der Waals surface area (Å²) in [4.78, 5) is 16.2. The van der Waals surface area contributed by atoms with E-state index in [4.69, 9.17) is 27.9 Å². The van der Waals surface area contributed by atoms with E-state index < -0.39 is 6.09 Å². The summed E-state index contributed by atoms with van der Waals surface area (Å²) < 4.78 is 6.48. The van der Waals surface area contributed by atoms with E-state index in [0.29, 0.717) is 23.1 Å². The van der Waals surface area contributed by atoms with Gasteiger partial charge in [0.15, 0.2) is 0 Å². The molecule has 0 aliphatic rings. The van der Waals surface area contributed by atoms with E-state index in [1.807, 2.05) is 13.0 Å². The number of aromatic nitrogens is 2. The van der Waals surface area contributed by atoms with Gasteiger partial charge in [-0.15, -0.1) is 0 Å². The van der Waals surface area contributed by atoms with E-state index in [-0.39, 0.29) is 0 Å². The molecule has 0 saturated carbocycles. The number of aryl methyl sites for hydroxylation is 1. The molecule has 0 saturated heterocycles. The maximum Gasteiger partial charge on any atom is 0.419 e. The summed E-state index contributed by atoms with van der Waals surface area (Å²) in [5.74, 6) is 0. The Morgan fingerprint density at radius 1 is 1.33 bits per heavy atom. The first-order valence-electron chi connectivity index (χ1n) is 6.73. The highest BCUT2D eigenvalue weighted by atomic mass is 35.5. The van der Waals surface area contributed by atoms with Crippen molar-refractivity contribution < 1.29 is 9.53 Å². The smallest absolute Gasteiger partial charge is 0.419 e. The Hall–Kier alpha value is -1.52. The highest BCUT2D eigenvalue weighted by Crippen LogP contribution is 2.24. The van der Waals surface area contributed by atoms with E-state index in [9.17, 15) is 4.79 Å². The van der Waals surface area contributed by atoms with Gasteiger partial charge in [-0.05, 0) is 31.0 Å². The molecule has 0 amide bonds. The number of nitrogens with zero attached hydrogens (tertiary/aromatic N) is 2. The van der Waals surface area contributed by atoms with Crippen LogP contribution in [-0.4, -0.2) is 22.3 Å². The van der Waals surface area contributed by atoms with Crippen LogP contribution in [0.1, 0.15) is 30.8 Å². The molecule has 0 aliphatic carbocycles. The Balaban J connectivity index is 2.37. The molecule has 0 N–H and O–H groups in total. The number of carbonyl (C=O) groups excluding carboxylic acids is 1. The molecule has 0 bridgehead atoms. The number of halogens is 2. The number of ether oxygens (including phenoxy) is 1. The first kappa shape index (κ1) is 15.9. The second-order valence-electron chi connectivity index (χ2n) is 4.47. The monoisotopic (exact) mass is 326 g/mol. The van der Waals surface area contributed by atoms with Crippen LogP contribution in [0.3, 0.4) is 0 Å². The topological polar surface area (TPSA) is 44.1 Å². The van der Waals surface area contributed by atoms with Crippen molar-refractivity contribution in [1.82, 2.24) is 9.55 Å². The van der Waals surface area contributed by atoms with E-state index in [1.54, 1.807) is 19.1 Å². The summed E-state index contributed by atoms with van der Waals surface area (Å²) in [6.45, 7) is 4.08. The maximum absolute atomic E-state index is 12.0. The van der Waals surface area contributed by atoms with E-state index >= 15 is 0 Å². The molecule has 1 aromatic heterocycles. The van der Waals surface area contributed by atoms with Crippen LogP contribution >= 0.6 is 23.2 Å². The first-order chi connectivity index (χ1) is 10.1. The summed E-state index contributed by atoms with van der Waals surface area (Å²) in [7, 11) is 0. The fourth-order valence-corrected chi connectivity index (χ4v) is 2.56. The van der Waals surface area contributed by atoms with Crippen LogP contribution in [0.25, 0.3) is 0 Å². The molecule has 112 valence electrons. The average molecular weight is 327 g/mol. The van der Waals surface area contributed by atoms with Crippen molar-refractivity contribution in [2.45, 2.75) is 26.7 Å². The summed E-state index contributed by atoms with van der Waals surface area (Å²) in [6, 6.07) is 5.32. The summed E-state index contributed by atoms with van der Waals surface area (Å²) >= 11 is 12.1.